The summed E-state index contributed by atoms with van der Waals surface area (Å²) >= 11 is 0. The standard InChI is InChI=1S/C23H25F3N6O2/c1-34-19-5-3-2-4-18(19)30-22(33)28-10-11-31-12-14-32(15-13-31)21-16-6-7-20(23(24,25)26)29-17(16)8-9-27-21/h2-9H,10-15H2,1H3,(H2,28,30,33). The fourth-order valence-electron chi connectivity index (χ4n) is 3.87. The molecule has 1 aliphatic rings. The molecule has 2 amide bonds. The van der Waals surface area contributed by atoms with Gasteiger partial charge >= 0.3 is 12.2 Å². The smallest absolute Gasteiger partial charge is 0.433 e. The van der Waals surface area contributed by atoms with Crippen LogP contribution >= 0.6 is 0 Å². The van der Waals surface area contributed by atoms with Crippen LogP contribution in [0.4, 0.5) is 29.5 Å². The number of nitrogens with zero attached hydrogens (tertiary/aromatic N) is 4. The van der Waals surface area contributed by atoms with E-state index in [1.165, 1.54) is 18.3 Å². The number of carbonyl (C=O) groups excluding carboxylic acids is 1. The van der Waals surface area contributed by atoms with Gasteiger partial charge in [-0.1, -0.05) is 12.1 Å². The maximum Gasteiger partial charge on any atom is 0.433 e. The maximum absolute atomic E-state index is 13.0. The van der Waals surface area contributed by atoms with Crippen LogP contribution in [0.5, 0.6) is 5.75 Å². The lowest BCUT2D eigenvalue weighted by Gasteiger charge is -2.35. The van der Waals surface area contributed by atoms with Gasteiger partial charge in [-0.25, -0.2) is 14.8 Å². The first-order valence-electron chi connectivity index (χ1n) is 10.8. The predicted octanol–water partition coefficient (Wildman–Crippen LogP) is 3.60. The highest BCUT2D eigenvalue weighted by Crippen LogP contribution is 2.31. The number of fused-ring (bicyclic) bond motifs is 1. The van der Waals surface area contributed by atoms with E-state index in [2.05, 4.69) is 30.4 Å². The van der Waals surface area contributed by atoms with Gasteiger partial charge in [0.1, 0.15) is 17.3 Å². The van der Waals surface area contributed by atoms with Gasteiger partial charge in [-0.05, 0) is 30.3 Å². The van der Waals surface area contributed by atoms with Crippen LogP contribution in [-0.4, -0.2) is 67.3 Å². The number of rotatable bonds is 6. The van der Waals surface area contributed by atoms with E-state index >= 15 is 0 Å². The quantitative estimate of drug-likeness (QED) is 0.568. The summed E-state index contributed by atoms with van der Waals surface area (Å²) in [5, 5.41) is 6.21. The average molecular weight is 474 g/mol. The Hall–Kier alpha value is -3.60. The van der Waals surface area contributed by atoms with E-state index in [1.54, 1.807) is 19.2 Å². The van der Waals surface area contributed by atoms with Crippen LogP contribution in [0.1, 0.15) is 5.69 Å². The molecule has 34 heavy (non-hydrogen) atoms. The van der Waals surface area contributed by atoms with E-state index in [0.717, 1.165) is 19.2 Å². The van der Waals surface area contributed by atoms with Gasteiger partial charge in [0, 0.05) is 50.9 Å². The van der Waals surface area contributed by atoms with Crippen molar-refractivity contribution in [1.82, 2.24) is 20.2 Å². The van der Waals surface area contributed by atoms with E-state index in [-0.39, 0.29) is 11.5 Å². The van der Waals surface area contributed by atoms with Gasteiger partial charge in [0.25, 0.3) is 0 Å². The van der Waals surface area contributed by atoms with Crippen LogP contribution < -0.4 is 20.3 Å². The molecule has 0 spiro atoms. The Labute approximate surface area is 194 Å². The summed E-state index contributed by atoms with van der Waals surface area (Å²) in [6, 6.07) is 10.8. The summed E-state index contributed by atoms with van der Waals surface area (Å²) in [6.07, 6.45) is -3.00. The minimum absolute atomic E-state index is 0.271. The molecule has 1 aliphatic heterocycles. The molecule has 0 atom stereocenters. The Morgan fingerprint density at radius 2 is 1.85 bits per heavy atom. The van der Waals surface area contributed by atoms with Gasteiger partial charge < -0.3 is 20.3 Å². The fourth-order valence-corrected chi connectivity index (χ4v) is 3.87. The topological polar surface area (TPSA) is 82.6 Å². The SMILES string of the molecule is COc1ccccc1NC(=O)NCCN1CCN(c2nccc3nc(C(F)(F)F)ccc23)CC1. The number of aromatic nitrogens is 2. The minimum Gasteiger partial charge on any atom is -0.495 e. The normalized spacial score (nSPS) is 14.8. The second-order valence-corrected chi connectivity index (χ2v) is 7.81. The zero-order valence-corrected chi connectivity index (χ0v) is 18.6. The monoisotopic (exact) mass is 474 g/mol. The number of alkyl halides is 3. The molecule has 180 valence electrons. The van der Waals surface area contributed by atoms with Gasteiger partial charge in [-0.3, -0.25) is 4.90 Å². The third-order valence-corrected chi connectivity index (χ3v) is 5.63. The molecule has 3 aromatic rings. The first-order chi connectivity index (χ1) is 16.3. The number of ether oxygens (including phenoxy) is 1. The molecule has 1 aromatic carbocycles. The zero-order valence-electron chi connectivity index (χ0n) is 18.6. The van der Waals surface area contributed by atoms with E-state index in [4.69, 9.17) is 4.74 Å². The van der Waals surface area contributed by atoms with Crippen molar-refractivity contribution in [2.75, 3.05) is 56.6 Å². The van der Waals surface area contributed by atoms with Crippen LogP contribution in [0.15, 0.2) is 48.7 Å². The summed E-state index contributed by atoms with van der Waals surface area (Å²) in [5.74, 6) is 1.22. The molecule has 0 radical (unpaired) electrons. The molecule has 2 N–H and O–H groups in total. The lowest BCUT2D eigenvalue weighted by atomic mass is 10.2. The molecule has 8 nitrogen and oxygen atoms in total. The number of hydrogen-bond acceptors (Lipinski definition) is 6. The largest absolute Gasteiger partial charge is 0.495 e. The number of piperazine rings is 1. The number of amides is 2. The highest BCUT2D eigenvalue weighted by Gasteiger charge is 2.32. The van der Waals surface area contributed by atoms with Crippen molar-refractivity contribution >= 4 is 28.4 Å². The molecule has 0 aliphatic carbocycles. The van der Waals surface area contributed by atoms with Gasteiger partial charge in [-0.2, -0.15) is 13.2 Å². The number of anilines is 2. The second kappa shape index (κ2) is 10.1. The molecular weight excluding hydrogens is 449 g/mol. The summed E-state index contributed by atoms with van der Waals surface area (Å²) in [7, 11) is 1.54. The minimum atomic E-state index is -4.48. The lowest BCUT2D eigenvalue weighted by molar-refractivity contribution is -0.140. The number of carbonyl (C=O) groups is 1. The third kappa shape index (κ3) is 5.48. The number of urea groups is 1. The molecule has 0 saturated carbocycles. The molecular formula is C23H25F3N6O2. The van der Waals surface area contributed by atoms with Crippen molar-refractivity contribution in [3.63, 3.8) is 0 Å². The van der Waals surface area contributed by atoms with Crippen LogP contribution in [0.2, 0.25) is 0 Å². The second-order valence-electron chi connectivity index (χ2n) is 7.81. The molecule has 3 heterocycles. The number of nitrogens with one attached hydrogen (secondary N) is 2. The number of hydrogen-bond donors (Lipinski definition) is 2. The van der Waals surface area contributed by atoms with Crippen molar-refractivity contribution in [1.29, 1.82) is 0 Å². The van der Waals surface area contributed by atoms with Crippen LogP contribution in [-0.2, 0) is 6.18 Å². The lowest BCUT2D eigenvalue weighted by Crippen LogP contribution is -2.49. The first-order valence-corrected chi connectivity index (χ1v) is 10.8. The molecule has 1 saturated heterocycles. The van der Waals surface area contributed by atoms with Crippen molar-refractivity contribution in [3.8, 4) is 5.75 Å². The van der Waals surface area contributed by atoms with Gasteiger partial charge in [0.15, 0.2) is 0 Å². The van der Waals surface area contributed by atoms with Crippen molar-refractivity contribution in [2.24, 2.45) is 0 Å². The highest BCUT2D eigenvalue weighted by atomic mass is 19.4. The Bertz CT molecular complexity index is 1150. The van der Waals surface area contributed by atoms with Gasteiger partial charge in [-0.15, -0.1) is 0 Å². The van der Waals surface area contributed by atoms with E-state index in [0.29, 0.717) is 48.8 Å². The average Bonchev–Trinajstić information content (AvgIpc) is 2.83. The highest BCUT2D eigenvalue weighted by molar-refractivity contribution is 5.91. The molecule has 2 aromatic heterocycles. The molecule has 1 fully saturated rings. The summed E-state index contributed by atoms with van der Waals surface area (Å²) < 4.78 is 44.2. The Morgan fingerprint density at radius 3 is 2.59 bits per heavy atom. The summed E-state index contributed by atoms with van der Waals surface area (Å²) in [6.45, 7) is 3.95. The third-order valence-electron chi connectivity index (χ3n) is 5.63. The van der Waals surface area contributed by atoms with E-state index in [1.807, 2.05) is 12.1 Å². The number of methoxy groups -OCH3 is 1. The van der Waals surface area contributed by atoms with E-state index < -0.39 is 11.9 Å². The Morgan fingerprint density at radius 1 is 1.09 bits per heavy atom. The number of benzene rings is 1. The van der Waals surface area contributed by atoms with Crippen molar-refractivity contribution < 1.29 is 22.7 Å². The zero-order chi connectivity index (χ0) is 24.1. The molecule has 11 heteroatoms. The number of pyridine rings is 2. The molecule has 0 bridgehead atoms. The van der Waals surface area contributed by atoms with Crippen molar-refractivity contribution in [3.05, 3.63) is 54.4 Å². The summed E-state index contributed by atoms with van der Waals surface area (Å²) in [4.78, 5) is 24.6. The van der Waals surface area contributed by atoms with E-state index in [9.17, 15) is 18.0 Å². The van der Waals surface area contributed by atoms with Crippen LogP contribution in [0, 0.1) is 0 Å². The Kier molecular flexibility index (Phi) is 7.01. The van der Waals surface area contributed by atoms with Gasteiger partial charge in [0.05, 0.1) is 18.3 Å². The fraction of sp³-hybridized carbons (Fsp3) is 0.348. The maximum atomic E-state index is 13.0. The predicted molar refractivity (Wildman–Crippen MR) is 123 cm³/mol. The summed E-state index contributed by atoms with van der Waals surface area (Å²) in [5.41, 5.74) is -0.0488. The Balaban J connectivity index is 1.28. The van der Waals surface area contributed by atoms with Gasteiger partial charge in [0.2, 0.25) is 0 Å². The van der Waals surface area contributed by atoms with Crippen LogP contribution in [0.25, 0.3) is 10.9 Å². The first kappa shape index (κ1) is 23.6. The molecule has 4 rings (SSSR count). The van der Waals surface area contributed by atoms with Crippen LogP contribution in [0.3, 0.4) is 0 Å². The number of para-hydroxylation sites is 2. The number of halogens is 3. The molecule has 0 unspecified atom stereocenters. The van der Waals surface area contributed by atoms with Crippen molar-refractivity contribution in [2.45, 2.75) is 6.18 Å².